The molecule has 1 aromatic carbocycles. The minimum absolute atomic E-state index is 0.126. The number of nitrogens with one attached hydrogen (secondary N) is 1. The zero-order chi connectivity index (χ0) is 13.5. The first kappa shape index (κ1) is 16.0. The lowest BCUT2D eigenvalue weighted by atomic mass is 10.1. The van der Waals surface area contributed by atoms with Gasteiger partial charge in [0.1, 0.15) is 5.82 Å². The Balaban J connectivity index is 2.51. The fourth-order valence-corrected chi connectivity index (χ4v) is 3.15. The summed E-state index contributed by atoms with van der Waals surface area (Å²) < 4.78 is 14.5. The van der Waals surface area contributed by atoms with Crippen LogP contribution in [0.25, 0.3) is 0 Å². The van der Waals surface area contributed by atoms with E-state index in [0.717, 1.165) is 28.0 Å². The Morgan fingerprint density at radius 3 is 2.61 bits per heavy atom. The first-order valence-corrected chi connectivity index (χ1v) is 8.16. The molecule has 4 heteroatoms. The lowest BCUT2D eigenvalue weighted by Crippen LogP contribution is -2.30. The van der Waals surface area contributed by atoms with Crippen LogP contribution in [0.15, 0.2) is 22.7 Å². The molecule has 1 nitrogen and oxygen atoms in total. The number of thioether (sulfide) groups is 1. The summed E-state index contributed by atoms with van der Waals surface area (Å²) in [6.07, 6.45) is 0.737. The average Bonchev–Trinajstić information content (AvgIpc) is 2.30. The van der Waals surface area contributed by atoms with Crippen molar-refractivity contribution in [3.63, 3.8) is 0 Å². The molecule has 1 unspecified atom stereocenters. The molecule has 0 aromatic heterocycles. The van der Waals surface area contributed by atoms with Gasteiger partial charge in [0.25, 0.3) is 0 Å². The van der Waals surface area contributed by atoms with Crippen LogP contribution < -0.4 is 5.32 Å². The Bertz CT molecular complexity index is 371. The first-order chi connectivity index (χ1) is 8.52. The topological polar surface area (TPSA) is 12.0 Å². The maximum atomic E-state index is 13.7. The van der Waals surface area contributed by atoms with Crippen molar-refractivity contribution in [3.05, 3.63) is 34.1 Å². The minimum Gasteiger partial charge on any atom is -0.316 e. The highest BCUT2D eigenvalue weighted by molar-refractivity contribution is 9.10. The molecule has 1 atom stereocenters. The molecule has 0 spiro atoms. The van der Waals surface area contributed by atoms with Gasteiger partial charge < -0.3 is 5.32 Å². The first-order valence-electron chi connectivity index (χ1n) is 6.22. The Labute approximate surface area is 122 Å². The molecule has 18 heavy (non-hydrogen) atoms. The molecule has 0 radical (unpaired) electrons. The molecule has 0 aliphatic rings. The monoisotopic (exact) mass is 333 g/mol. The van der Waals surface area contributed by atoms with E-state index in [1.165, 1.54) is 6.07 Å². The largest absolute Gasteiger partial charge is 0.316 e. The number of hydrogen-bond acceptors (Lipinski definition) is 2. The lowest BCUT2D eigenvalue weighted by Gasteiger charge is -2.17. The summed E-state index contributed by atoms with van der Waals surface area (Å²) in [6.45, 7) is 4.44. The van der Waals surface area contributed by atoms with Crippen molar-refractivity contribution in [1.29, 1.82) is 0 Å². The summed E-state index contributed by atoms with van der Waals surface area (Å²) in [4.78, 5) is 0. The number of likely N-dealkylation sites (N-methyl/N-ethyl adjacent to an activating group) is 1. The van der Waals surface area contributed by atoms with Gasteiger partial charge in [-0.2, -0.15) is 11.8 Å². The number of hydrogen-bond donors (Lipinski definition) is 1. The van der Waals surface area contributed by atoms with Crippen LogP contribution in [0.1, 0.15) is 19.4 Å². The van der Waals surface area contributed by atoms with E-state index >= 15 is 0 Å². The average molecular weight is 334 g/mol. The van der Waals surface area contributed by atoms with Crippen molar-refractivity contribution in [1.82, 2.24) is 5.32 Å². The number of rotatable bonds is 7. The molecule has 1 N–H and O–H groups in total. The van der Waals surface area contributed by atoms with Crippen LogP contribution in [0.2, 0.25) is 0 Å². The zero-order valence-electron chi connectivity index (χ0n) is 11.2. The fourth-order valence-electron chi connectivity index (χ4n) is 1.64. The van der Waals surface area contributed by atoms with Crippen LogP contribution in [0.5, 0.6) is 0 Å². The summed E-state index contributed by atoms with van der Waals surface area (Å²) in [5.41, 5.74) is 0.780. The molecule has 0 fully saturated rings. The van der Waals surface area contributed by atoms with E-state index in [0.29, 0.717) is 12.0 Å². The van der Waals surface area contributed by atoms with E-state index in [9.17, 15) is 4.39 Å². The van der Waals surface area contributed by atoms with Crippen molar-refractivity contribution in [2.24, 2.45) is 5.92 Å². The summed E-state index contributed by atoms with van der Waals surface area (Å²) in [5.74, 6) is 2.75. The Morgan fingerprint density at radius 2 is 2.06 bits per heavy atom. The standard InChI is InChI=1S/C14H21BrFNS/c1-10(2)8-18-9-13(17-3)6-11-4-5-12(15)7-14(11)16/h4-5,7,10,13,17H,6,8-9H2,1-3H3. The maximum Gasteiger partial charge on any atom is 0.127 e. The van der Waals surface area contributed by atoms with Crippen molar-refractivity contribution in [3.8, 4) is 0 Å². The number of halogens is 2. The lowest BCUT2D eigenvalue weighted by molar-refractivity contribution is 0.567. The molecular weight excluding hydrogens is 313 g/mol. The Kier molecular flexibility index (Phi) is 7.27. The van der Waals surface area contributed by atoms with E-state index in [2.05, 4.69) is 35.1 Å². The quantitative estimate of drug-likeness (QED) is 0.805. The van der Waals surface area contributed by atoms with Gasteiger partial charge in [-0.25, -0.2) is 4.39 Å². The summed E-state index contributed by atoms with van der Waals surface area (Å²) in [5, 5.41) is 3.27. The minimum atomic E-state index is -0.126. The molecule has 0 heterocycles. The van der Waals surface area contributed by atoms with E-state index in [1.54, 1.807) is 0 Å². The predicted octanol–water partition coefficient (Wildman–Crippen LogP) is 4.11. The third-order valence-electron chi connectivity index (χ3n) is 2.66. The van der Waals surface area contributed by atoms with Crippen molar-refractivity contribution < 1.29 is 4.39 Å². The SMILES string of the molecule is CNC(CSCC(C)C)Cc1ccc(Br)cc1F. The van der Waals surface area contributed by atoms with Crippen LogP contribution in [-0.2, 0) is 6.42 Å². The second kappa shape index (κ2) is 8.18. The fraction of sp³-hybridized carbons (Fsp3) is 0.571. The Morgan fingerprint density at radius 1 is 1.33 bits per heavy atom. The molecule has 102 valence electrons. The van der Waals surface area contributed by atoms with Gasteiger partial charge in [0, 0.05) is 16.3 Å². The molecule has 0 amide bonds. The van der Waals surface area contributed by atoms with Crippen LogP contribution in [0.3, 0.4) is 0 Å². The van der Waals surface area contributed by atoms with Crippen molar-refractivity contribution >= 4 is 27.7 Å². The van der Waals surface area contributed by atoms with Gasteiger partial charge in [0.05, 0.1) is 0 Å². The second-order valence-electron chi connectivity index (χ2n) is 4.86. The number of benzene rings is 1. The van der Waals surface area contributed by atoms with Gasteiger partial charge in [-0.15, -0.1) is 0 Å². The van der Waals surface area contributed by atoms with Gasteiger partial charge in [-0.05, 0) is 42.8 Å². The second-order valence-corrected chi connectivity index (χ2v) is 6.85. The Hall–Kier alpha value is -0.0600. The van der Waals surface area contributed by atoms with Crippen molar-refractivity contribution in [2.45, 2.75) is 26.3 Å². The van der Waals surface area contributed by atoms with Gasteiger partial charge >= 0.3 is 0 Å². The molecular formula is C14H21BrFNS. The van der Waals surface area contributed by atoms with E-state index in [-0.39, 0.29) is 5.82 Å². The third-order valence-corrected chi connectivity index (χ3v) is 4.69. The predicted molar refractivity (Wildman–Crippen MR) is 82.8 cm³/mol. The van der Waals surface area contributed by atoms with Gasteiger partial charge in [0.15, 0.2) is 0 Å². The van der Waals surface area contributed by atoms with E-state index < -0.39 is 0 Å². The van der Waals surface area contributed by atoms with Crippen LogP contribution in [0.4, 0.5) is 4.39 Å². The highest BCUT2D eigenvalue weighted by Crippen LogP contribution is 2.18. The van der Waals surface area contributed by atoms with Crippen LogP contribution in [-0.4, -0.2) is 24.6 Å². The zero-order valence-corrected chi connectivity index (χ0v) is 13.6. The highest BCUT2D eigenvalue weighted by atomic mass is 79.9. The van der Waals surface area contributed by atoms with Crippen LogP contribution in [0, 0.1) is 11.7 Å². The summed E-state index contributed by atoms with van der Waals surface area (Å²) >= 11 is 5.21. The molecule has 1 rings (SSSR count). The van der Waals surface area contributed by atoms with Gasteiger partial charge in [-0.3, -0.25) is 0 Å². The van der Waals surface area contributed by atoms with E-state index in [1.807, 2.05) is 30.9 Å². The summed E-state index contributed by atoms with van der Waals surface area (Å²) in [7, 11) is 1.94. The smallest absolute Gasteiger partial charge is 0.127 e. The van der Waals surface area contributed by atoms with Gasteiger partial charge in [-0.1, -0.05) is 35.8 Å². The van der Waals surface area contributed by atoms with Crippen molar-refractivity contribution in [2.75, 3.05) is 18.6 Å². The normalized spacial score (nSPS) is 13.0. The van der Waals surface area contributed by atoms with E-state index in [4.69, 9.17) is 0 Å². The maximum absolute atomic E-state index is 13.7. The molecule has 0 saturated carbocycles. The van der Waals surface area contributed by atoms with Gasteiger partial charge in [0.2, 0.25) is 0 Å². The molecule has 0 saturated heterocycles. The molecule has 1 aromatic rings. The highest BCUT2D eigenvalue weighted by Gasteiger charge is 2.11. The summed E-state index contributed by atoms with van der Waals surface area (Å²) in [6, 6.07) is 5.61. The third kappa shape index (κ3) is 5.72. The van der Waals surface area contributed by atoms with Crippen LogP contribution >= 0.6 is 27.7 Å². The molecule has 0 aliphatic heterocycles. The molecule has 0 aliphatic carbocycles. The molecule has 0 bridgehead atoms.